The largest absolute Gasteiger partial charge is 0.492 e. The highest BCUT2D eigenvalue weighted by atomic mass is 16.5. The molecule has 5 heteroatoms. The first-order chi connectivity index (χ1) is 13.2. The summed E-state index contributed by atoms with van der Waals surface area (Å²) in [6.07, 6.45) is 1.67. The molecule has 0 atom stereocenters. The molecule has 0 fully saturated rings. The summed E-state index contributed by atoms with van der Waals surface area (Å²) < 4.78 is 5.53. The monoisotopic (exact) mass is 361 g/mol. The van der Waals surface area contributed by atoms with E-state index in [-0.39, 0.29) is 5.91 Å². The maximum atomic E-state index is 12.4. The van der Waals surface area contributed by atoms with E-state index >= 15 is 0 Å². The van der Waals surface area contributed by atoms with Gasteiger partial charge >= 0.3 is 0 Å². The second-order valence-electron chi connectivity index (χ2n) is 6.16. The fourth-order valence-corrected chi connectivity index (χ4v) is 2.70. The molecule has 0 aliphatic heterocycles. The van der Waals surface area contributed by atoms with Crippen LogP contribution in [0.4, 0.5) is 11.4 Å². The predicted octanol–water partition coefficient (Wildman–Crippen LogP) is 4.65. The molecule has 5 nitrogen and oxygen atoms in total. The number of pyridine rings is 1. The first-order valence-electron chi connectivity index (χ1n) is 8.94. The summed E-state index contributed by atoms with van der Waals surface area (Å²) in [6.45, 7) is 5.22. The summed E-state index contributed by atoms with van der Waals surface area (Å²) in [6, 6.07) is 19.2. The highest BCUT2D eigenvalue weighted by Crippen LogP contribution is 2.24. The van der Waals surface area contributed by atoms with Gasteiger partial charge in [0.25, 0.3) is 5.91 Å². The van der Waals surface area contributed by atoms with Gasteiger partial charge in [0.1, 0.15) is 11.4 Å². The summed E-state index contributed by atoms with van der Waals surface area (Å²) >= 11 is 0. The Morgan fingerprint density at radius 2 is 1.93 bits per heavy atom. The molecule has 3 aromatic rings. The van der Waals surface area contributed by atoms with Gasteiger partial charge in [0.05, 0.1) is 24.2 Å². The van der Waals surface area contributed by atoms with E-state index in [1.54, 1.807) is 18.3 Å². The average Bonchev–Trinajstić information content (AvgIpc) is 2.68. The Kier molecular flexibility index (Phi) is 6.05. The highest BCUT2D eigenvalue weighted by Gasteiger charge is 2.10. The van der Waals surface area contributed by atoms with Crippen LogP contribution >= 0.6 is 0 Å². The lowest BCUT2D eigenvalue weighted by Crippen LogP contribution is -2.14. The molecular formula is C22H23N3O2. The standard InChI is InChI=1S/C22H23N3O2/c1-3-27-21-10-5-4-9-19(21)25-22(26)20-12-11-18(15-24-20)23-14-17-8-6-7-16(2)13-17/h4-13,15,23H,3,14H2,1-2H3,(H,25,26). The Morgan fingerprint density at radius 1 is 1.07 bits per heavy atom. The minimum Gasteiger partial charge on any atom is -0.492 e. The van der Waals surface area contributed by atoms with E-state index in [0.717, 1.165) is 5.69 Å². The van der Waals surface area contributed by atoms with Crippen LogP contribution in [0.5, 0.6) is 5.75 Å². The van der Waals surface area contributed by atoms with Gasteiger partial charge in [0.15, 0.2) is 0 Å². The minimum atomic E-state index is -0.271. The summed E-state index contributed by atoms with van der Waals surface area (Å²) in [5, 5.41) is 6.16. The Bertz CT molecular complexity index is 907. The summed E-state index contributed by atoms with van der Waals surface area (Å²) in [4.78, 5) is 16.7. The maximum Gasteiger partial charge on any atom is 0.274 e. The van der Waals surface area contributed by atoms with Crippen LogP contribution in [-0.2, 0) is 6.54 Å². The molecule has 0 unspecified atom stereocenters. The van der Waals surface area contributed by atoms with Crippen LogP contribution in [-0.4, -0.2) is 17.5 Å². The number of para-hydroxylation sites is 2. The number of ether oxygens (including phenoxy) is 1. The van der Waals surface area contributed by atoms with Gasteiger partial charge in [-0.25, -0.2) is 4.98 Å². The number of amides is 1. The quantitative estimate of drug-likeness (QED) is 0.643. The van der Waals surface area contributed by atoms with Gasteiger partial charge in [-0.15, -0.1) is 0 Å². The van der Waals surface area contributed by atoms with Crippen molar-refractivity contribution >= 4 is 17.3 Å². The van der Waals surface area contributed by atoms with E-state index in [9.17, 15) is 4.79 Å². The minimum absolute atomic E-state index is 0.271. The SMILES string of the molecule is CCOc1ccccc1NC(=O)c1ccc(NCc2cccc(C)c2)cn1. The van der Waals surface area contributed by atoms with Crippen LogP contribution in [0, 0.1) is 6.92 Å². The van der Waals surface area contributed by atoms with Crippen LogP contribution in [0.3, 0.4) is 0 Å². The number of nitrogens with zero attached hydrogens (tertiary/aromatic N) is 1. The van der Waals surface area contributed by atoms with Crippen molar-refractivity contribution in [2.45, 2.75) is 20.4 Å². The number of benzene rings is 2. The molecule has 0 radical (unpaired) electrons. The predicted molar refractivity (Wildman–Crippen MR) is 108 cm³/mol. The molecule has 0 spiro atoms. The number of carbonyl (C=O) groups is 1. The molecule has 0 bridgehead atoms. The number of rotatable bonds is 7. The molecule has 0 saturated carbocycles. The Morgan fingerprint density at radius 3 is 2.67 bits per heavy atom. The summed E-state index contributed by atoms with van der Waals surface area (Å²) in [5.41, 5.74) is 4.27. The van der Waals surface area contributed by atoms with Crippen LogP contribution in [0.15, 0.2) is 66.9 Å². The third-order valence-electron chi connectivity index (χ3n) is 4.01. The van der Waals surface area contributed by atoms with Crippen molar-refractivity contribution in [3.63, 3.8) is 0 Å². The lowest BCUT2D eigenvalue weighted by Gasteiger charge is -2.11. The number of carbonyl (C=O) groups excluding carboxylic acids is 1. The van der Waals surface area contributed by atoms with Crippen molar-refractivity contribution in [1.29, 1.82) is 0 Å². The lowest BCUT2D eigenvalue weighted by atomic mass is 10.1. The molecule has 2 N–H and O–H groups in total. The van der Waals surface area contributed by atoms with Crippen molar-refractivity contribution in [3.8, 4) is 5.75 Å². The van der Waals surface area contributed by atoms with Gasteiger partial charge in [0.2, 0.25) is 0 Å². The molecule has 1 heterocycles. The number of nitrogens with one attached hydrogen (secondary N) is 2. The fourth-order valence-electron chi connectivity index (χ4n) is 2.70. The first-order valence-corrected chi connectivity index (χ1v) is 8.94. The molecular weight excluding hydrogens is 338 g/mol. The molecule has 0 aliphatic rings. The van der Waals surface area contributed by atoms with Gasteiger partial charge < -0.3 is 15.4 Å². The summed E-state index contributed by atoms with van der Waals surface area (Å²) in [7, 11) is 0. The first kappa shape index (κ1) is 18.5. The van der Waals surface area contributed by atoms with Gasteiger partial charge in [-0.3, -0.25) is 4.79 Å². The van der Waals surface area contributed by atoms with E-state index < -0.39 is 0 Å². The molecule has 0 saturated heterocycles. The molecule has 0 aliphatic carbocycles. The lowest BCUT2D eigenvalue weighted by molar-refractivity contribution is 0.102. The van der Waals surface area contributed by atoms with Crippen molar-refractivity contribution in [3.05, 3.63) is 83.7 Å². The number of aromatic nitrogens is 1. The summed E-state index contributed by atoms with van der Waals surface area (Å²) in [5.74, 6) is 0.372. The van der Waals surface area contributed by atoms with E-state index in [2.05, 4.69) is 40.7 Å². The highest BCUT2D eigenvalue weighted by molar-refractivity contribution is 6.03. The zero-order valence-electron chi connectivity index (χ0n) is 15.5. The number of anilines is 2. The van der Waals surface area contributed by atoms with Gasteiger partial charge in [-0.05, 0) is 43.7 Å². The smallest absolute Gasteiger partial charge is 0.274 e. The molecule has 3 rings (SSSR count). The second kappa shape index (κ2) is 8.85. The van der Waals surface area contributed by atoms with Crippen LogP contribution in [0.25, 0.3) is 0 Å². The zero-order valence-corrected chi connectivity index (χ0v) is 15.5. The molecule has 1 aromatic heterocycles. The number of hydrogen-bond acceptors (Lipinski definition) is 4. The van der Waals surface area contributed by atoms with Gasteiger partial charge in [-0.1, -0.05) is 42.0 Å². The van der Waals surface area contributed by atoms with E-state index in [1.807, 2.05) is 37.3 Å². The van der Waals surface area contributed by atoms with E-state index in [0.29, 0.717) is 30.3 Å². The van der Waals surface area contributed by atoms with Crippen molar-refractivity contribution in [2.75, 3.05) is 17.2 Å². The molecule has 27 heavy (non-hydrogen) atoms. The van der Waals surface area contributed by atoms with Gasteiger partial charge in [-0.2, -0.15) is 0 Å². The fraction of sp³-hybridized carbons (Fsp3) is 0.182. The topological polar surface area (TPSA) is 63.2 Å². The van der Waals surface area contributed by atoms with E-state index in [1.165, 1.54) is 11.1 Å². The van der Waals surface area contributed by atoms with Crippen LogP contribution < -0.4 is 15.4 Å². The van der Waals surface area contributed by atoms with Crippen molar-refractivity contribution in [2.24, 2.45) is 0 Å². The molecule has 1 amide bonds. The van der Waals surface area contributed by atoms with Crippen molar-refractivity contribution < 1.29 is 9.53 Å². The Labute approximate surface area is 159 Å². The Hall–Kier alpha value is -3.34. The number of hydrogen-bond donors (Lipinski definition) is 2. The van der Waals surface area contributed by atoms with Crippen LogP contribution in [0.2, 0.25) is 0 Å². The molecule has 2 aromatic carbocycles. The average molecular weight is 361 g/mol. The van der Waals surface area contributed by atoms with Crippen molar-refractivity contribution in [1.82, 2.24) is 4.98 Å². The zero-order chi connectivity index (χ0) is 19.1. The molecule has 138 valence electrons. The third kappa shape index (κ3) is 5.07. The van der Waals surface area contributed by atoms with Gasteiger partial charge in [0, 0.05) is 6.54 Å². The maximum absolute atomic E-state index is 12.4. The van der Waals surface area contributed by atoms with Crippen LogP contribution in [0.1, 0.15) is 28.5 Å². The number of aryl methyl sites for hydroxylation is 1. The van der Waals surface area contributed by atoms with E-state index in [4.69, 9.17) is 4.74 Å². The normalized spacial score (nSPS) is 10.3. The third-order valence-corrected chi connectivity index (χ3v) is 4.01. The Balaban J connectivity index is 1.62. The second-order valence-corrected chi connectivity index (χ2v) is 6.16.